The van der Waals surface area contributed by atoms with E-state index < -0.39 is 17.4 Å². The van der Waals surface area contributed by atoms with Crippen LogP contribution in [0.25, 0.3) is 5.69 Å². The van der Waals surface area contributed by atoms with Gasteiger partial charge in [0.25, 0.3) is 5.91 Å². The second-order valence-corrected chi connectivity index (χ2v) is 6.88. The number of benzene rings is 1. The Hall–Kier alpha value is -2.38. The maximum Gasteiger partial charge on any atom is 0.305 e. The fourth-order valence-corrected chi connectivity index (χ4v) is 3.37. The first-order valence-corrected chi connectivity index (χ1v) is 8.71. The Morgan fingerprint density at radius 3 is 2.69 bits per heavy atom. The minimum atomic E-state index is -0.953. The average Bonchev–Trinajstić information content (AvgIpc) is 2.97. The topological polar surface area (TPSA) is 93.5 Å². The van der Waals surface area contributed by atoms with Crippen LogP contribution >= 0.6 is 11.6 Å². The quantitative estimate of drug-likeness (QED) is 0.835. The van der Waals surface area contributed by atoms with E-state index in [1.54, 1.807) is 29.9 Å². The number of carboxylic acids is 1. The number of hydrogen-bond acceptors (Lipinski definition) is 4. The minimum absolute atomic E-state index is 0.146. The Labute approximate surface area is 155 Å². The lowest BCUT2D eigenvalue weighted by Gasteiger charge is -2.36. The van der Waals surface area contributed by atoms with Crippen molar-refractivity contribution in [3.63, 3.8) is 0 Å². The van der Waals surface area contributed by atoms with Gasteiger partial charge in [-0.2, -0.15) is 5.10 Å². The Balaban J connectivity index is 1.85. The van der Waals surface area contributed by atoms with E-state index in [9.17, 15) is 14.7 Å². The number of rotatable bonds is 5. The summed E-state index contributed by atoms with van der Waals surface area (Å²) in [5.41, 5.74) is 0.783. The van der Waals surface area contributed by atoms with Crippen LogP contribution in [-0.4, -0.2) is 45.5 Å². The first-order valence-electron chi connectivity index (χ1n) is 8.33. The molecule has 0 saturated carbocycles. The number of nitrogens with zero attached hydrogens (tertiary/aromatic N) is 2. The summed E-state index contributed by atoms with van der Waals surface area (Å²) >= 11 is 6.19. The molecule has 2 aromatic rings. The van der Waals surface area contributed by atoms with Crippen LogP contribution in [-0.2, 0) is 9.53 Å². The van der Waals surface area contributed by atoms with Gasteiger partial charge in [0.2, 0.25) is 0 Å². The predicted octanol–water partition coefficient (Wildman–Crippen LogP) is 2.59. The number of aryl methyl sites for hydroxylation is 1. The summed E-state index contributed by atoms with van der Waals surface area (Å²) in [7, 11) is 0. The lowest BCUT2D eigenvalue weighted by molar-refractivity contribution is -0.139. The first-order chi connectivity index (χ1) is 12.4. The predicted molar refractivity (Wildman–Crippen MR) is 95.8 cm³/mol. The third-order valence-corrected chi connectivity index (χ3v) is 4.85. The molecular weight excluding hydrogens is 358 g/mol. The van der Waals surface area contributed by atoms with Crippen LogP contribution in [0.1, 0.15) is 35.3 Å². The number of aromatic nitrogens is 2. The number of carbonyl (C=O) groups excluding carboxylic acids is 1. The second-order valence-electron chi connectivity index (χ2n) is 6.47. The van der Waals surface area contributed by atoms with E-state index in [1.165, 1.54) is 0 Å². The van der Waals surface area contributed by atoms with Crippen molar-refractivity contribution >= 4 is 23.5 Å². The van der Waals surface area contributed by atoms with Crippen LogP contribution in [0, 0.1) is 6.92 Å². The van der Waals surface area contributed by atoms with Crippen LogP contribution in [0.15, 0.2) is 30.5 Å². The summed E-state index contributed by atoms with van der Waals surface area (Å²) in [5.74, 6) is -1.35. The van der Waals surface area contributed by atoms with Gasteiger partial charge in [-0.15, -0.1) is 0 Å². The molecule has 138 valence electrons. The lowest BCUT2D eigenvalue weighted by atomic mass is 9.86. The molecule has 0 bridgehead atoms. The maximum atomic E-state index is 12.8. The summed E-state index contributed by atoms with van der Waals surface area (Å²) in [6.45, 7) is 2.62. The highest BCUT2D eigenvalue weighted by molar-refractivity contribution is 6.32. The van der Waals surface area contributed by atoms with Gasteiger partial charge in [-0.25, -0.2) is 4.68 Å². The molecule has 8 heteroatoms. The second kappa shape index (κ2) is 7.47. The molecule has 7 nitrogen and oxygen atoms in total. The Morgan fingerprint density at radius 1 is 1.35 bits per heavy atom. The van der Waals surface area contributed by atoms with Gasteiger partial charge in [-0.1, -0.05) is 23.7 Å². The standard InChI is InChI=1S/C18H20ClN3O4/c1-12-11-22(14-5-3-2-4-13(14)19)21-16(12)17(25)20-18(10-15(23)24)6-8-26-9-7-18/h2-5,11H,6-10H2,1H3,(H,20,25)(H,23,24). The highest BCUT2D eigenvalue weighted by Gasteiger charge is 2.37. The molecule has 0 spiro atoms. The number of ether oxygens (including phenoxy) is 1. The van der Waals surface area contributed by atoms with Crippen LogP contribution in [0.5, 0.6) is 0 Å². The third-order valence-electron chi connectivity index (χ3n) is 4.53. The van der Waals surface area contributed by atoms with Crippen molar-refractivity contribution < 1.29 is 19.4 Å². The van der Waals surface area contributed by atoms with Gasteiger partial charge in [-0.05, 0) is 31.9 Å². The van der Waals surface area contributed by atoms with Gasteiger partial charge in [0.1, 0.15) is 0 Å². The number of nitrogens with one attached hydrogen (secondary N) is 1. The molecule has 3 rings (SSSR count). The van der Waals surface area contributed by atoms with Gasteiger partial charge >= 0.3 is 5.97 Å². The van der Waals surface area contributed by atoms with Crippen molar-refractivity contribution in [2.24, 2.45) is 0 Å². The molecule has 1 aliphatic heterocycles. The van der Waals surface area contributed by atoms with Crippen LogP contribution in [0.3, 0.4) is 0 Å². The number of carbonyl (C=O) groups is 2. The van der Waals surface area contributed by atoms with E-state index in [2.05, 4.69) is 10.4 Å². The molecule has 0 unspecified atom stereocenters. The molecule has 2 N–H and O–H groups in total. The molecule has 1 fully saturated rings. The number of para-hydroxylation sites is 1. The van der Waals surface area contributed by atoms with Crippen molar-refractivity contribution in [3.05, 3.63) is 46.7 Å². The van der Waals surface area contributed by atoms with Crippen molar-refractivity contribution in [2.75, 3.05) is 13.2 Å². The Morgan fingerprint density at radius 2 is 2.04 bits per heavy atom. The third kappa shape index (κ3) is 3.89. The number of halogens is 1. The summed E-state index contributed by atoms with van der Waals surface area (Å²) in [6, 6.07) is 7.21. The fraction of sp³-hybridized carbons (Fsp3) is 0.389. The summed E-state index contributed by atoms with van der Waals surface area (Å²) in [6.07, 6.45) is 2.49. The summed E-state index contributed by atoms with van der Waals surface area (Å²) in [5, 5.41) is 17.0. The van der Waals surface area contributed by atoms with Gasteiger partial charge in [0.15, 0.2) is 5.69 Å². The Bertz CT molecular complexity index is 828. The molecule has 0 atom stereocenters. The fourth-order valence-electron chi connectivity index (χ4n) is 3.14. The lowest BCUT2D eigenvalue weighted by Crippen LogP contribution is -2.53. The molecule has 1 aliphatic rings. The van der Waals surface area contributed by atoms with E-state index in [-0.39, 0.29) is 12.1 Å². The van der Waals surface area contributed by atoms with Crippen LogP contribution in [0.2, 0.25) is 5.02 Å². The van der Waals surface area contributed by atoms with Crippen molar-refractivity contribution in [2.45, 2.75) is 31.7 Å². The zero-order valence-corrected chi connectivity index (χ0v) is 15.1. The molecule has 0 aliphatic carbocycles. The van der Waals surface area contributed by atoms with Gasteiger partial charge in [-0.3, -0.25) is 9.59 Å². The van der Waals surface area contributed by atoms with E-state index in [1.807, 2.05) is 12.1 Å². The van der Waals surface area contributed by atoms with Crippen LogP contribution < -0.4 is 5.32 Å². The highest BCUT2D eigenvalue weighted by Crippen LogP contribution is 2.26. The molecule has 1 amide bonds. The molecule has 1 aromatic carbocycles. The number of amides is 1. The van der Waals surface area contributed by atoms with E-state index in [0.29, 0.717) is 42.3 Å². The van der Waals surface area contributed by atoms with Crippen molar-refractivity contribution in [3.8, 4) is 5.69 Å². The Kier molecular flexibility index (Phi) is 5.29. The molecular formula is C18H20ClN3O4. The van der Waals surface area contributed by atoms with Crippen molar-refractivity contribution in [1.29, 1.82) is 0 Å². The van der Waals surface area contributed by atoms with Gasteiger partial charge in [0.05, 0.1) is 22.7 Å². The SMILES string of the molecule is Cc1cn(-c2ccccc2Cl)nc1C(=O)NC1(CC(=O)O)CCOCC1. The monoisotopic (exact) mass is 377 g/mol. The van der Waals surface area contributed by atoms with Gasteiger partial charge in [0, 0.05) is 25.0 Å². The smallest absolute Gasteiger partial charge is 0.305 e. The summed E-state index contributed by atoms with van der Waals surface area (Å²) in [4.78, 5) is 24.1. The normalized spacial score (nSPS) is 16.2. The largest absolute Gasteiger partial charge is 0.481 e. The summed E-state index contributed by atoms with van der Waals surface area (Å²) < 4.78 is 6.87. The number of aliphatic carboxylic acids is 1. The van der Waals surface area contributed by atoms with Crippen molar-refractivity contribution in [1.82, 2.24) is 15.1 Å². The number of carboxylic acid groups (broad SMARTS) is 1. The molecule has 2 heterocycles. The zero-order valence-electron chi connectivity index (χ0n) is 14.4. The average molecular weight is 378 g/mol. The molecule has 1 saturated heterocycles. The number of hydrogen-bond donors (Lipinski definition) is 2. The molecule has 0 radical (unpaired) electrons. The first kappa shape index (κ1) is 18.4. The minimum Gasteiger partial charge on any atom is -0.481 e. The molecule has 1 aromatic heterocycles. The van der Waals surface area contributed by atoms with E-state index in [4.69, 9.17) is 16.3 Å². The molecule has 26 heavy (non-hydrogen) atoms. The van der Waals surface area contributed by atoms with E-state index >= 15 is 0 Å². The highest BCUT2D eigenvalue weighted by atomic mass is 35.5. The van der Waals surface area contributed by atoms with E-state index in [0.717, 1.165) is 0 Å². The van der Waals surface area contributed by atoms with Crippen LogP contribution in [0.4, 0.5) is 0 Å². The maximum absolute atomic E-state index is 12.8. The van der Waals surface area contributed by atoms with Gasteiger partial charge < -0.3 is 15.2 Å². The zero-order chi connectivity index (χ0) is 18.7.